The number of rotatable bonds is 5. The second-order valence-corrected chi connectivity index (χ2v) is 4.17. The maximum Gasteiger partial charge on any atom is 0.254 e. The first-order chi connectivity index (χ1) is 8.45. The molecule has 0 aromatic heterocycles. The van der Waals surface area contributed by atoms with E-state index in [2.05, 4.69) is 0 Å². The molecule has 1 aromatic rings. The van der Waals surface area contributed by atoms with Gasteiger partial charge in [-0.1, -0.05) is 24.4 Å². The largest absolute Gasteiger partial charge is 0.389 e. The number of primary amides is 1. The third-order valence-electron chi connectivity index (χ3n) is 2.43. The normalized spacial score (nSPS) is 9.83. The van der Waals surface area contributed by atoms with E-state index in [4.69, 9.17) is 23.7 Å². The number of hydrogen-bond acceptors (Lipinski definition) is 3. The van der Waals surface area contributed by atoms with E-state index in [9.17, 15) is 9.59 Å². The van der Waals surface area contributed by atoms with Gasteiger partial charge in [-0.3, -0.25) is 9.59 Å². The highest BCUT2D eigenvalue weighted by atomic mass is 32.1. The van der Waals surface area contributed by atoms with Crippen molar-refractivity contribution < 1.29 is 9.59 Å². The lowest BCUT2D eigenvalue weighted by Crippen LogP contribution is -2.38. The molecule has 0 heterocycles. The minimum atomic E-state index is -0.537. The predicted octanol–water partition coefficient (Wildman–Crippen LogP) is 0.268. The van der Waals surface area contributed by atoms with Crippen molar-refractivity contribution in [3.8, 4) is 0 Å². The van der Waals surface area contributed by atoms with Crippen LogP contribution in [0.3, 0.4) is 0 Å². The van der Waals surface area contributed by atoms with Crippen molar-refractivity contribution in [1.29, 1.82) is 0 Å². The van der Waals surface area contributed by atoms with E-state index in [0.717, 1.165) is 0 Å². The monoisotopic (exact) mass is 265 g/mol. The van der Waals surface area contributed by atoms with E-state index in [1.54, 1.807) is 31.2 Å². The Morgan fingerprint density at radius 1 is 1.17 bits per heavy atom. The number of nitrogens with zero attached hydrogens (tertiary/aromatic N) is 1. The van der Waals surface area contributed by atoms with Crippen LogP contribution in [0.15, 0.2) is 24.3 Å². The molecule has 0 aliphatic carbocycles. The SMILES string of the molecule is CCN(CC(N)=O)C(=O)c1ccc(C(N)=S)cc1. The molecule has 96 valence electrons. The smallest absolute Gasteiger partial charge is 0.254 e. The van der Waals surface area contributed by atoms with Crippen LogP contribution >= 0.6 is 12.2 Å². The molecule has 2 amide bonds. The zero-order valence-corrected chi connectivity index (χ0v) is 10.9. The fourth-order valence-corrected chi connectivity index (χ4v) is 1.61. The van der Waals surface area contributed by atoms with Crippen molar-refractivity contribution in [2.75, 3.05) is 13.1 Å². The highest BCUT2D eigenvalue weighted by Gasteiger charge is 2.15. The molecule has 5 nitrogen and oxygen atoms in total. The Kier molecular flexibility index (Phi) is 4.79. The number of nitrogens with two attached hydrogens (primary N) is 2. The van der Waals surface area contributed by atoms with Gasteiger partial charge in [0.2, 0.25) is 5.91 Å². The summed E-state index contributed by atoms with van der Waals surface area (Å²) >= 11 is 4.82. The number of thiocarbonyl (C=S) groups is 1. The summed E-state index contributed by atoms with van der Waals surface area (Å²) < 4.78 is 0. The minimum Gasteiger partial charge on any atom is -0.389 e. The maximum absolute atomic E-state index is 12.0. The quantitative estimate of drug-likeness (QED) is 0.748. The van der Waals surface area contributed by atoms with E-state index in [1.165, 1.54) is 4.90 Å². The first-order valence-electron chi connectivity index (χ1n) is 5.43. The van der Waals surface area contributed by atoms with Crippen molar-refractivity contribution in [3.05, 3.63) is 35.4 Å². The summed E-state index contributed by atoms with van der Waals surface area (Å²) in [5.74, 6) is -0.782. The van der Waals surface area contributed by atoms with Gasteiger partial charge in [0, 0.05) is 17.7 Å². The molecular formula is C12H15N3O2S. The lowest BCUT2D eigenvalue weighted by Gasteiger charge is -2.19. The van der Waals surface area contributed by atoms with Crippen LogP contribution in [-0.2, 0) is 4.79 Å². The molecule has 4 N–H and O–H groups in total. The summed E-state index contributed by atoms with van der Waals surface area (Å²) in [5, 5.41) is 0. The summed E-state index contributed by atoms with van der Waals surface area (Å²) in [6.45, 7) is 2.11. The number of benzene rings is 1. The summed E-state index contributed by atoms with van der Waals surface area (Å²) in [5.41, 5.74) is 11.7. The van der Waals surface area contributed by atoms with Gasteiger partial charge in [-0.25, -0.2) is 0 Å². The molecule has 0 aliphatic heterocycles. The van der Waals surface area contributed by atoms with Gasteiger partial charge in [-0.15, -0.1) is 0 Å². The third-order valence-corrected chi connectivity index (χ3v) is 2.67. The van der Waals surface area contributed by atoms with Crippen molar-refractivity contribution in [3.63, 3.8) is 0 Å². The molecule has 0 radical (unpaired) electrons. The molecule has 6 heteroatoms. The summed E-state index contributed by atoms with van der Waals surface area (Å²) in [6, 6.07) is 6.60. The Balaban J connectivity index is 2.88. The number of carbonyl (C=O) groups excluding carboxylic acids is 2. The van der Waals surface area contributed by atoms with E-state index < -0.39 is 5.91 Å². The van der Waals surface area contributed by atoms with Crippen molar-refractivity contribution in [1.82, 2.24) is 4.90 Å². The van der Waals surface area contributed by atoms with Gasteiger partial charge in [0.1, 0.15) is 4.99 Å². The average Bonchev–Trinajstić information content (AvgIpc) is 2.35. The molecule has 0 unspecified atom stereocenters. The topological polar surface area (TPSA) is 89.4 Å². The first kappa shape index (κ1) is 14.1. The van der Waals surface area contributed by atoms with Gasteiger partial charge in [0.25, 0.3) is 5.91 Å². The molecular weight excluding hydrogens is 250 g/mol. The Morgan fingerprint density at radius 3 is 2.06 bits per heavy atom. The van der Waals surface area contributed by atoms with Gasteiger partial charge < -0.3 is 16.4 Å². The van der Waals surface area contributed by atoms with Gasteiger partial charge in [-0.05, 0) is 19.1 Å². The number of likely N-dealkylation sites (N-methyl/N-ethyl adjacent to an activating group) is 1. The highest BCUT2D eigenvalue weighted by molar-refractivity contribution is 7.80. The fraction of sp³-hybridized carbons (Fsp3) is 0.250. The molecule has 1 rings (SSSR count). The standard InChI is InChI=1S/C12H15N3O2S/c1-2-15(7-10(13)16)12(17)9-5-3-8(4-6-9)11(14)18/h3-6H,2,7H2,1H3,(H2,13,16)(H2,14,18). The molecule has 0 saturated carbocycles. The lowest BCUT2D eigenvalue weighted by atomic mass is 10.1. The molecule has 0 atom stereocenters. The average molecular weight is 265 g/mol. The molecule has 18 heavy (non-hydrogen) atoms. The molecule has 0 saturated heterocycles. The third kappa shape index (κ3) is 3.53. The number of carbonyl (C=O) groups is 2. The van der Waals surface area contributed by atoms with E-state index in [1.807, 2.05) is 0 Å². The van der Waals surface area contributed by atoms with Crippen LogP contribution in [-0.4, -0.2) is 34.8 Å². The Bertz CT molecular complexity index is 471. The maximum atomic E-state index is 12.0. The molecule has 0 spiro atoms. The summed E-state index contributed by atoms with van der Waals surface area (Å²) in [6.07, 6.45) is 0. The van der Waals surface area contributed by atoms with Gasteiger partial charge in [-0.2, -0.15) is 0 Å². The van der Waals surface area contributed by atoms with Gasteiger partial charge >= 0.3 is 0 Å². The molecule has 0 aliphatic rings. The Labute approximate surface area is 111 Å². The van der Waals surface area contributed by atoms with Crippen LogP contribution in [0, 0.1) is 0 Å². The van der Waals surface area contributed by atoms with Crippen LogP contribution in [0.2, 0.25) is 0 Å². The molecule has 0 bridgehead atoms. The lowest BCUT2D eigenvalue weighted by molar-refractivity contribution is -0.118. The van der Waals surface area contributed by atoms with Crippen LogP contribution in [0.5, 0.6) is 0 Å². The summed E-state index contributed by atoms with van der Waals surface area (Å²) in [4.78, 5) is 24.5. The summed E-state index contributed by atoms with van der Waals surface area (Å²) in [7, 11) is 0. The second kappa shape index (κ2) is 6.11. The van der Waals surface area contributed by atoms with E-state index >= 15 is 0 Å². The second-order valence-electron chi connectivity index (χ2n) is 3.73. The molecule has 1 aromatic carbocycles. The van der Waals surface area contributed by atoms with Crippen LogP contribution in [0.4, 0.5) is 0 Å². The zero-order valence-electron chi connectivity index (χ0n) is 10.1. The van der Waals surface area contributed by atoms with E-state index in [0.29, 0.717) is 17.7 Å². The highest BCUT2D eigenvalue weighted by Crippen LogP contribution is 2.07. The molecule has 0 fully saturated rings. The number of amides is 2. The first-order valence-corrected chi connectivity index (χ1v) is 5.84. The van der Waals surface area contributed by atoms with Gasteiger partial charge in [0.05, 0.1) is 6.54 Å². The van der Waals surface area contributed by atoms with Gasteiger partial charge in [0.15, 0.2) is 0 Å². The van der Waals surface area contributed by atoms with Crippen molar-refractivity contribution in [2.24, 2.45) is 11.5 Å². The number of hydrogen-bond donors (Lipinski definition) is 2. The van der Waals surface area contributed by atoms with Crippen LogP contribution < -0.4 is 11.5 Å². The fourth-order valence-electron chi connectivity index (χ4n) is 1.47. The predicted molar refractivity (Wildman–Crippen MR) is 73.1 cm³/mol. The minimum absolute atomic E-state index is 0.0909. The van der Waals surface area contributed by atoms with Crippen molar-refractivity contribution >= 4 is 29.0 Å². The van der Waals surface area contributed by atoms with E-state index in [-0.39, 0.29) is 17.4 Å². The van der Waals surface area contributed by atoms with Crippen molar-refractivity contribution in [2.45, 2.75) is 6.92 Å². The Hall–Kier alpha value is -1.95. The van der Waals surface area contributed by atoms with Crippen LogP contribution in [0.25, 0.3) is 0 Å². The zero-order chi connectivity index (χ0) is 13.7. The Morgan fingerprint density at radius 2 is 1.67 bits per heavy atom. The van der Waals surface area contributed by atoms with Crippen LogP contribution in [0.1, 0.15) is 22.8 Å².